The maximum Gasteiger partial charge on any atom is 0.130 e. The molecule has 0 unspecified atom stereocenters. The Morgan fingerprint density at radius 1 is 1.36 bits per heavy atom. The molecule has 0 aliphatic heterocycles. The second-order valence-electron chi connectivity index (χ2n) is 3.96. The third kappa shape index (κ3) is 1.28. The molecule has 1 aliphatic carbocycles. The van der Waals surface area contributed by atoms with Crippen LogP contribution < -0.4 is 0 Å². The van der Waals surface area contributed by atoms with Gasteiger partial charge in [0.15, 0.2) is 0 Å². The first kappa shape index (κ1) is 9.46. The first-order chi connectivity index (χ1) is 6.68. The maximum atomic E-state index is 13.5. The molecule has 2 nitrogen and oxygen atoms in total. The second kappa shape index (κ2) is 3.24. The Morgan fingerprint density at radius 2 is 2.07 bits per heavy atom. The van der Waals surface area contributed by atoms with Gasteiger partial charge in [-0.1, -0.05) is 12.5 Å². The van der Waals surface area contributed by atoms with Crippen molar-refractivity contribution in [3.8, 4) is 5.75 Å². The van der Waals surface area contributed by atoms with Gasteiger partial charge in [0.05, 0.1) is 6.61 Å². The topological polar surface area (TPSA) is 40.5 Å². The van der Waals surface area contributed by atoms with Gasteiger partial charge in [0.1, 0.15) is 11.6 Å². The van der Waals surface area contributed by atoms with Crippen molar-refractivity contribution in [2.24, 2.45) is 0 Å². The van der Waals surface area contributed by atoms with Gasteiger partial charge in [-0.25, -0.2) is 4.39 Å². The van der Waals surface area contributed by atoms with Gasteiger partial charge in [-0.05, 0) is 24.5 Å². The van der Waals surface area contributed by atoms with E-state index in [0.29, 0.717) is 5.56 Å². The minimum Gasteiger partial charge on any atom is -0.508 e. The summed E-state index contributed by atoms with van der Waals surface area (Å²) in [6, 6.07) is 4.14. The number of hydrogen-bond donors (Lipinski definition) is 2. The minimum atomic E-state index is -0.418. The quantitative estimate of drug-likeness (QED) is 0.759. The first-order valence-electron chi connectivity index (χ1n) is 4.78. The van der Waals surface area contributed by atoms with E-state index >= 15 is 0 Å². The SMILES string of the molecule is OCC1(c2ccc(O)cc2F)CCC1. The van der Waals surface area contributed by atoms with Gasteiger partial charge in [0.2, 0.25) is 0 Å². The molecule has 0 spiro atoms. The van der Waals surface area contributed by atoms with Crippen molar-refractivity contribution < 1.29 is 14.6 Å². The molecule has 2 rings (SSSR count). The highest BCUT2D eigenvalue weighted by atomic mass is 19.1. The Hall–Kier alpha value is -1.09. The monoisotopic (exact) mass is 196 g/mol. The molecular formula is C11H13FO2. The number of halogens is 1. The third-order valence-corrected chi connectivity index (χ3v) is 3.14. The zero-order chi connectivity index (χ0) is 10.2. The highest BCUT2D eigenvalue weighted by molar-refractivity contribution is 5.34. The number of phenolic OH excluding ortho intramolecular Hbond substituents is 1. The second-order valence-corrected chi connectivity index (χ2v) is 3.96. The van der Waals surface area contributed by atoms with Crippen molar-refractivity contribution in [2.75, 3.05) is 6.61 Å². The lowest BCUT2D eigenvalue weighted by atomic mass is 9.65. The predicted octanol–water partition coefficient (Wildman–Crippen LogP) is 1.95. The van der Waals surface area contributed by atoms with E-state index in [1.807, 2.05) is 0 Å². The van der Waals surface area contributed by atoms with Crippen LogP contribution in [0.1, 0.15) is 24.8 Å². The molecule has 76 valence electrons. The Labute approximate surface area is 82.0 Å². The average Bonchev–Trinajstić information content (AvgIpc) is 2.07. The highest BCUT2D eigenvalue weighted by Gasteiger charge is 2.39. The molecule has 1 aliphatic rings. The van der Waals surface area contributed by atoms with Crippen molar-refractivity contribution >= 4 is 0 Å². The van der Waals surface area contributed by atoms with E-state index in [4.69, 9.17) is 5.11 Å². The molecule has 1 aromatic rings. The number of aromatic hydroxyl groups is 1. The van der Waals surface area contributed by atoms with Crippen LogP contribution in [0.15, 0.2) is 18.2 Å². The van der Waals surface area contributed by atoms with E-state index in [1.54, 1.807) is 6.07 Å². The standard InChI is InChI=1S/C11H13FO2/c12-10-6-8(14)2-3-9(10)11(7-13)4-1-5-11/h2-3,6,13-14H,1,4-5,7H2. The molecule has 0 radical (unpaired) electrons. The summed E-state index contributed by atoms with van der Waals surface area (Å²) in [5.41, 5.74) is 0.140. The summed E-state index contributed by atoms with van der Waals surface area (Å²) in [6.07, 6.45) is 2.68. The van der Waals surface area contributed by atoms with Crippen LogP contribution in [0.2, 0.25) is 0 Å². The molecule has 1 aromatic carbocycles. The van der Waals surface area contributed by atoms with Crippen LogP contribution in [0.3, 0.4) is 0 Å². The molecule has 3 heteroatoms. The van der Waals surface area contributed by atoms with Crippen molar-refractivity contribution in [2.45, 2.75) is 24.7 Å². The lowest BCUT2D eigenvalue weighted by Gasteiger charge is -2.40. The maximum absolute atomic E-state index is 13.5. The molecule has 14 heavy (non-hydrogen) atoms. The summed E-state index contributed by atoms with van der Waals surface area (Å²) in [4.78, 5) is 0. The van der Waals surface area contributed by atoms with Gasteiger partial charge < -0.3 is 10.2 Å². The summed E-state index contributed by atoms with van der Waals surface area (Å²) in [5.74, 6) is -0.489. The fraction of sp³-hybridized carbons (Fsp3) is 0.455. The number of phenols is 1. The van der Waals surface area contributed by atoms with Crippen LogP contribution >= 0.6 is 0 Å². The zero-order valence-electron chi connectivity index (χ0n) is 7.83. The van der Waals surface area contributed by atoms with Crippen molar-refractivity contribution in [3.63, 3.8) is 0 Å². The smallest absolute Gasteiger partial charge is 0.130 e. The van der Waals surface area contributed by atoms with Gasteiger partial charge in [0, 0.05) is 11.5 Å². The lowest BCUT2D eigenvalue weighted by molar-refractivity contribution is 0.116. The highest BCUT2D eigenvalue weighted by Crippen LogP contribution is 2.44. The summed E-state index contributed by atoms with van der Waals surface area (Å²) >= 11 is 0. The van der Waals surface area contributed by atoms with Crippen molar-refractivity contribution in [1.29, 1.82) is 0 Å². The first-order valence-corrected chi connectivity index (χ1v) is 4.78. The van der Waals surface area contributed by atoms with E-state index in [9.17, 15) is 9.50 Å². The van der Waals surface area contributed by atoms with E-state index in [-0.39, 0.29) is 12.4 Å². The number of rotatable bonds is 2. The normalized spacial score (nSPS) is 19.0. The zero-order valence-corrected chi connectivity index (χ0v) is 7.83. The van der Waals surface area contributed by atoms with Crippen LogP contribution in [0.4, 0.5) is 4.39 Å². The third-order valence-electron chi connectivity index (χ3n) is 3.14. The molecular weight excluding hydrogens is 183 g/mol. The molecule has 0 bridgehead atoms. The molecule has 2 N–H and O–H groups in total. The predicted molar refractivity (Wildman–Crippen MR) is 50.7 cm³/mol. The van der Waals surface area contributed by atoms with E-state index in [1.165, 1.54) is 6.07 Å². The van der Waals surface area contributed by atoms with Crippen LogP contribution in [-0.4, -0.2) is 16.8 Å². The number of aliphatic hydroxyl groups excluding tert-OH is 1. The Morgan fingerprint density at radius 3 is 2.50 bits per heavy atom. The van der Waals surface area contributed by atoms with Crippen LogP contribution in [0.25, 0.3) is 0 Å². The molecule has 0 saturated heterocycles. The summed E-state index contributed by atoms with van der Waals surface area (Å²) in [5, 5.41) is 18.3. The van der Waals surface area contributed by atoms with Crippen molar-refractivity contribution in [1.82, 2.24) is 0 Å². The summed E-state index contributed by atoms with van der Waals surface area (Å²) in [6.45, 7) is -0.0192. The Kier molecular flexibility index (Phi) is 2.19. The minimum absolute atomic E-state index is 0.0192. The lowest BCUT2D eigenvalue weighted by Crippen LogP contribution is -2.38. The molecule has 0 aromatic heterocycles. The Balaban J connectivity index is 2.40. The van der Waals surface area contributed by atoms with E-state index in [2.05, 4.69) is 0 Å². The van der Waals surface area contributed by atoms with E-state index < -0.39 is 11.2 Å². The van der Waals surface area contributed by atoms with Crippen molar-refractivity contribution in [3.05, 3.63) is 29.6 Å². The molecule has 1 fully saturated rings. The van der Waals surface area contributed by atoms with Crippen LogP contribution in [0, 0.1) is 5.82 Å². The molecule has 0 atom stereocenters. The van der Waals surface area contributed by atoms with Crippen LogP contribution in [-0.2, 0) is 5.41 Å². The number of aliphatic hydroxyl groups is 1. The molecule has 1 saturated carbocycles. The fourth-order valence-electron chi connectivity index (χ4n) is 2.05. The molecule has 0 amide bonds. The van der Waals surface area contributed by atoms with Gasteiger partial charge in [-0.3, -0.25) is 0 Å². The van der Waals surface area contributed by atoms with Crippen LogP contribution in [0.5, 0.6) is 5.75 Å². The van der Waals surface area contributed by atoms with Gasteiger partial charge in [-0.15, -0.1) is 0 Å². The number of hydrogen-bond acceptors (Lipinski definition) is 2. The largest absolute Gasteiger partial charge is 0.508 e. The van der Waals surface area contributed by atoms with Gasteiger partial charge >= 0.3 is 0 Å². The summed E-state index contributed by atoms with van der Waals surface area (Å²) < 4.78 is 13.5. The average molecular weight is 196 g/mol. The van der Waals surface area contributed by atoms with Gasteiger partial charge in [-0.2, -0.15) is 0 Å². The summed E-state index contributed by atoms with van der Waals surface area (Å²) in [7, 11) is 0. The van der Waals surface area contributed by atoms with Gasteiger partial charge in [0.25, 0.3) is 0 Å². The Bertz CT molecular complexity index is 340. The fourth-order valence-corrected chi connectivity index (χ4v) is 2.05. The number of benzene rings is 1. The van der Waals surface area contributed by atoms with E-state index in [0.717, 1.165) is 25.3 Å². The molecule has 0 heterocycles.